The number of alkyl halides is 3. The van der Waals surface area contributed by atoms with Crippen molar-refractivity contribution in [2.24, 2.45) is 5.92 Å². The van der Waals surface area contributed by atoms with Crippen LogP contribution in [0, 0.1) is 5.92 Å². The predicted molar refractivity (Wildman–Crippen MR) is 94.2 cm³/mol. The molecule has 1 saturated heterocycles. The SMILES string of the molecule is CC1CCN(c2cc(-c3cccc(C(O)C(F)(F)F)c3)cc3nonc23)C1. The van der Waals surface area contributed by atoms with Gasteiger partial charge >= 0.3 is 6.18 Å². The molecule has 8 heteroatoms. The fraction of sp³-hybridized carbons (Fsp3) is 0.368. The molecule has 27 heavy (non-hydrogen) atoms. The Bertz CT molecular complexity index is 970. The minimum absolute atomic E-state index is 0.199. The van der Waals surface area contributed by atoms with E-state index in [0.717, 1.165) is 25.2 Å². The van der Waals surface area contributed by atoms with Crippen LogP contribution in [0.5, 0.6) is 0 Å². The number of rotatable bonds is 3. The average molecular weight is 377 g/mol. The van der Waals surface area contributed by atoms with Gasteiger partial charge in [0.05, 0.1) is 5.69 Å². The first kappa shape index (κ1) is 17.8. The zero-order valence-corrected chi connectivity index (χ0v) is 14.6. The topological polar surface area (TPSA) is 62.4 Å². The quantitative estimate of drug-likeness (QED) is 0.736. The molecule has 0 radical (unpaired) electrons. The van der Waals surface area contributed by atoms with E-state index in [1.54, 1.807) is 12.1 Å². The maximum absolute atomic E-state index is 12.9. The molecule has 0 spiro atoms. The summed E-state index contributed by atoms with van der Waals surface area (Å²) in [5, 5.41) is 17.4. The van der Waals surface area contributed by atoms with Crippen LogP contribution < -0.4 is 4.90 Å². The molecule has 2 aromatic carbocycles. The number of anilines is 1. The van der Waals surface area contributed by atoms with E-state index in [9.17, 15) is 18.3 Å². The lowest BCUT2D eigenvalue weighted by Crippen LogP contribution is -2.20. The molecule has 0 aliphatic carbocycles. The van der Waals surface area contributed by atoms with Crippen molar-refractivity contribution in [2.45, 2.75) is 25.6 Å². The highest BCUT2D eigenvalue weighted by molar-refractivity contribution is 5.92. The molecule has 3 aromatic rings. The van der Waals surface area contributed by atoms with Crippen molar-refractivity contribution in [2.75, 3.05) is 18.0 Å². The Morgan fingerprint density at radius 2 is 2.00 bits per heavy atom. The molecule has 142 valence electrons. The van der Waals surface area contributed by atoms with Gasteiger partial charge in [-0.2, -0.15) is 13.2 Å². The largest absolute Gasteiger partial charge is 0.418 e. The van der Waals surface area contributed by atoms with Gasteiger partial charge in [0.15, 0.2) is 11.6 Å². The van der Waals surface area contributed by atoms with E-state index in [-0.39, 0.29) is 5.56 Å². The first-order valence-corrected chi connectivity index (χ1v) is 8.69. The third-order valence-corrected chi connectivity index (χ3v) is 4.95. The standard InChI is InChI=1S/C19H18F3N3O2/c1-11-5-6-25(10-11)16-9-14(8-15-17(16)24-27-23-15)12-3-2-4-13(7-12)18(26)19(20,21)22/h2-4,7-9,11,18,26H,5-6,10H2,1H3. The molecule has 1 aliphatic rings. The molecule has 1 N–H and O–H groups in total. The van der Waals surface area contributed by atoms with E-state index in [4.69, 9.17) is 4.63 Å². The molecule has 2 unspecified atom stereocenters. The summed E-state index contributed by atoms with van der Waals surface area (Å²) >= 11 is 0. The van der Waals surface area contributed by atoms with Gasteiger partial charge in [-0.25, -0.2) is 4.63 Å². The molecule has 1 fully saturated rings. The van der Waals surface area contributed by atoms with Gasteiger partial charge in [-0.15, -0.1) is 0 Å². The summed E-state index contributed by atoms with van der Waals surface area (Å²) in [6.07, 6.45) is -6.17. The normalized spacial score (nSPS) is 19.0. The summed E-state index contributed by atoms with van der Waals surface area (Å²) in [4.78, 5) is 2.19. The lowest BCUT2D eigenvalue weighted by atomic mass is 9.99. The van der Waals surface area contributed by atoms with Crippen molar-refractivity contribution >= 4 is 16.7 Å². The Hall–Kier alpha value is -2.61. The highest BCUT2D eigenvalue weighted by Crippen LogP contribution is 2.37. The highest BCUT2D eigenvalue weighted by atomic mass is 19.4. The lowest BCUT2D eigenvalue weighted by Gasteiger charge is -2.19. The van der Waals surface area contributed by atoms with E-state index in [2.05, 4.69) is 22.1 Å². The van der Waals surface area contributed by atoms with Crippen molar-refractivity contribution in [1.82, 2.24) is 10.3 Å². The van der Waals surface area contributed by atoms with Crippen LogP contribution in [0.3, 0.4) is 0 Å². The van der Waals surface area contributed by atoms with Crippen molar-refractivity contribution in [3.8, 4) is 11.1 Å². The van der Waals surface area contributed by atoms with Gasteiger partial charge in [0, 0.05) is 13.1 Å². The maximum Gasteiger partial charge on any atom is 0.418 e. The van der Waals surface area contributed by atoms with Gasteiger partial charge in [0.25, 0.3) is 0 Å². The molecule has 4 rings (SSSR count). The van der Waals surface area contributed by atoms with Crippen molar-refractivity contribution in [3.63, 3.8) is 0 Å². The molecular formula is C19H18F3N3O2. The first-order valence-electron chi connectivity index (χ1n) is 8.69. The summed E-state index contributed by atoms with van der Waals surface area (Å²) in [6, 6.07) is 9.45. The maximum atomic E-state index is 12.9. The van der Waals surface area contributed by atoms with Crippen LogP contribution in [0.2, 0.25) is 0 Å². The van der Waals surface area contributed by atoms with Crippen molar-refractivity contribution < 1.29 is 22.9 Å². The number of aromatic nitrogens is 2. The summed E-state index contributed by atoms with van der Waals surface area (Å²) in [7, 11) is 0. The third-order valence-electron chi connectivity index (χ3n) is 4.95. The molecule has 2 atom stereocenters. The Labute approximate surface area is 153 Å². The molecule has 0 saturated carbocycles. The zero-order valence-electron chi connectivity index (χ0n) is 14.6. The molecule has 0 amide bonds. The number of fused-ring (bicyclic) bond motifs is 1. The van der Waals surface area contributed by atoms with E-state index in [1.165, 1.54) is 18.2 Å². The molecule has 1 aromatic heterocycles. The van der Waals surface area contributed by atoms with Crippen LogP contribution in [0.25, 0.3) is 22.2 Å². The van der Waals surface area contributed by atoms with Gasteiger partial charge in [0.2, 0.25) is 0 Å². The summed E-state index contributed by atoms with van der Waals surface area (Å²) in [5.41, 5.74) is 3.10. The molecule has 0 bridgehead atoms. The number of nitrogens with zero attached hydrogens (tertiary/aromatic N) is 3. The van der Waals surface area contributed by atoms with Gasteiger partial charge in [-0.1, -0.05) is 25.1 Å². The Balaban J connectivity index is 1.78. The smallest absolute Gasteiger partial charge is 0.379 e. The number of aliphatic hydroxyl groups excluding tert-OH is 1. The van der Waals surface area contributed by atoms with Crippen LogP contribution in [-0.4, -0.2) is 34.7 Å². The first-order chi connectivity index (χ1) is 12.8. The molecule has 2 heterocycles. The predicted octanol–water partition coefficient (Wildman–Crippen LogP) is 4.33. The second kappa shape index (κ2) is 6.53. The molecular weight excluding hydrogens is 359 g/mol. The van der Waals surface area contributed by atoms with Crippen LogP contribution in [0.1, 0.15) is 25.0 Å². The van der Waals surface area contributed by atoms with Crippen LogP contribution in [0.15, 0.2) is 41.0 Å². The monoisotopic (exact) mass is 377 g/mol. The number of hydrogen-bond acceptors (Lipinski definition) is 5. The number of benzene rings is 2. The second-order valence-electron chi connectivity index (χ2n) is 7.04. The van der Waals surface area contributed by atoms with E-state index < -0.39 is 12.3 Å². The van der Waals surface area contributed by atoms with Crippen molar-refractivity contribution in [3.05, 3.63) is 42.0 Å². The summed E-state index contributed by atoms with van der Waals surface area (Å²) in [6.45, 7) is 3.92. The van der Waals surface area contributed by atoms with E-state index in [1.807, 2.05) is 6.07 Å². The highest BCUT2D eigenvalue weighted by Gasteiger charge is 2.39. The number of aliphatic hydroxyl groups is 1. The Kier molecular flexibility index (Phi) is 4.30. The lowest BCUT2D eigenvalue weighted by molar-refractivity contribution is -0.206. The van der Waals surface area contributed by atoms with Crippen LogP contribution >= 0.6 is 0 Å². The summed E-state index contributed by atoms with van der Waals surface area (Å²) in [5.74, 6) is 0.550. The third kappa shape index (κ3) is 3.37. The van der Waals surface area contributed by atoms with Crippen LogP contribution in [-0.2, 0) is 0 Å². The van der Waals surface area contributed by atoms with Gasteiger partial charge in [-0.3, -0.25) is 0 Å². The summed E-state index contributed by atoms with van der Waals surface area (Å²) < 4.78 is 43.4. The average Bonchev–Trinajstić information content (AvgIpc) is 3.28. The van der Waals surface area contributed by atoms with Gasteiger partial charge in [0.1, 0.15) is 5.52 Å². The fourth-order valence-corrected chi connectivity index (χ4v) is 3.51. The van der Waals surface area contributed by atoms with E-state index in [0.29, 0.717) is 28.1 Å². The van der Waals surface area contributed by atoms with Gasteiger partial charge < -0.3 is 10.0 Å². The van der Waals surface area contributed by atoms with Gasteiger partial charge in [-0.05, 0) is 57.5 Å². The second-order valence-corrected chi connectivity index (χ2v) is 7.04. The minimum Gasteiger partial charge on any atom is -0.379 e. The van der Waals surface area contributed by atoms with Crippen molar-refractivity contribution in [1.29, 1.82) is 0 Å². The Morgan fingerprint density at radius 3 is 2.70 bits per heavy atom. The molecule has 1 aliphatic heterocycles. The minimum atomic E-state index is -4.71. The Morgan fingerprint density at radius 1 is 1.19 bits per heavy atom. The fourth-order valence-electron chi connectivity index (χ4n) is 3.51. The number of hydrogen-bond donors (Lipinski definition) is 1. The molecule has 5 nitrogen and oxygen atoms in total. The zero-order chi connectivity index (χ0) is 19.2. The number of halogens is 3. The van der Waals surface area contributed by atoms with E-state index >= 15 is 0 Å². The van der Waals surface area contributed by atoms with Crippen LogP contribution in [0.4, 0.5) is 18.9 Å².